The number of methoxy groups -OCH3 is 1. The zero-order valence-corrected chi connectivity index (χ0v) is 15.8. The zero-order chi connectivity index (χ0) is 17.7. The van der Waals surface area contributed by atoms with Gasteiger partial charge in [0.1, 0.15) is 0 Å². The first-order valence-corrected chi connectivity index (χ1v) is 9.62. The van der Waals surface area contributed by atoms with Gasteiger partial charge in [-0.05, 0) is 54.3 Å². The monoisotopic (exact) mass is 364 g/mol. The van der Waals surface area contributed by atoms with Crippen LogP contribution in [0.1, 0.15) is 28.4 Å². The first-order valence-electron chi connectivity index (χ1n) is 7.51. The van der Waals surface area contributed by atoms with Crippen LogP contribution in [0.3, 0.4) is 0 Å². The topological polar surface area (TPSA) is 52.6 Å². The van der Waals surface area contributed by atoms with Gasteiger partial charge in [0.15, 0.2) is 0 Å². The molecule has 0 radical (unpaired) electrons. The maximum atomic E-state index is 12.2. The molecule has 1 aromatic heterocycles. The number of thiophene rings is 1. The molecule has 2 aromatic rings. The van der Waals surface area contributed by atoms with Gasteiger partial charge in [0, 0.05) is 9.77 Å². The van der Waals surface area contributed by atoms with Crippen LogP contribution in [0.25, 0.3) is 10.4 Å². The molecular weight excluding hydrogens is 344 g/mol. The van der Waals surface area contributed by atoms with Crippen LogP contribution in [0.15, 0.2) is 28.5 Å². The molecule has 0 unspecified atom stereocenters. The van der Waals surface area contributed by atoms with Gasteiger partial charge in [-0.25, -0.2) is 4.79 Å². The normalized spacial score (nSPS) is 10.5. The summed E-state index contributed by atoms with van der Waals surface area (Å²) in [6.45, 7) is 3.97. The summed E-state index contributed by atoms with van der Waals surface area (Å²) in [5, 5.41) is 1.99. The fourth-order valence-corrected chi connectivity index (χ4v) is 4.03. The number of hydrogen-bond donors (Lipinski definition) is 0. The Bertz CT molecular complexity index is 736. The van der Waals surface area contributed by atoms with E-state index in [0.29, 0.717) is 12.2 Å². The van der Waals surface area contributed by atoms with E-state index < -0.39 is 0 Å². The average Bonchev–Trinajstić information content (AvgIpc) is 3.10. The molecule has 0 atom stereocenters. The molecule has 6 heteroatoms. The Morgan fingerprint density at radius 2 is 2.08 bits per heavy atom. The van der Waals surface area contributed by atoms with Crippen molar-refractivity contribution in [2.24, 2.45) is 0 Å². The Kier molecular flexibility index (Phi) is 6.45. The molecule has 128 valence electrons. The molecule has 0 spiro atoms. The Labute approximate surface area is 150 Å². The van der Waals surface area contributed by atoms with Gasteiger partial charge in [-0.2, -0.15) is 0 Å². The molecule has 0 bridgehead atoms. The lowest BCUT2D eigenvalue weighted by Crippen LogP contribution is -2.14. The average molecular weight is 364 g/mol. The Morgan fingerprint density at radius 1 is 1.33 bits per heavy atom. The fraction of sp³-hybridized carbons (Fsp3) is 0.333. The van der Waals surface area contributed by atoms with E-state index in [1.54, 1.807) is 18.3 Å². The number of thioether (sulfide) groups is 1. The maximum Gasteiger partial charge on any atom is 0.339 e. The number of benzene rings is 1. The van der Waals surface area contributed by atoms with Gasteiger partial charge < -0.3 is 9.47 Å². The van der Waals surface area contributed by atoms with E-state index in [2.05, 4.69) is 0 Å². The van der Waals surface area contributed by atoms with Crippen LogP contribution in [-0.4, -0.2) is 31.9 Å². The summed E-state index contributed by atoms with van der Waals surface area (Å²) in [7, 11) is 1.37. The molecule has 0 aliphatic carbocycles. The third kappa shape index (κ3) is 3.82. The molecule has 24 heavy (non-hydrogen) atoms. The quantitative estimate of drug-likeness (QED) is 0.564. The minimum Gasteiger partial charge on any atom is -0.466 e. The molecule has 2 rings (SSSR count). The molecule has 1 aromatic carbocycles. The summed E-state index contributed by atoms with van der Waals surface area (Å²) in [6, 6.07) is 5.94. The van der Waals surface area contributed by atoms with Gasteiger partial charge in [0.2, 0.25) is 0 Å². The largest absolute Gasteiger partial charge is 0.466 e. The highest BCUT2D eigenvalue weighted by Gasteiger charge is 2.23. The van der Waals surface area contributed by atoms with Crippen molar-refractivity contribution >= 4 is 35.0 Å². The van der Waals surface area contributed by atoms with Crippen molar-refractivity contribution in [1.82, 2.24) is 0 Å². The number of rotatable bonds is 6. The second kappa shape index (κ2) is 8.35. The third-order valence-corrected chi connectivity index (χ3v) is 5.36. The predicted octanol–water partition coefficient (Wildman–Crippen LogP) is 4.34. The van der Waals surface area contributed by atoms with E-state index in [-0.39, 0.29) is 18.4 Å². The van der Waals surface area contributed by atoms with Crippen LogP contribution in [-0.2, 0) is 20.7 Å². The molecule has 0 amide bonds. The van der Waals surface area contributed by atoms with Crippen molar-refractivity contribution in [3.8, 4) is 10.4 Å². The third-order valence-electron chi connectivity index (χ3n) is 3.70. The summed E-state index contributed by atoms with van der Waals surface area (Å²) in [4.78, 5) is 26.2. The molecular formula is C18H20O4S2. The highest BCUT2D eigenvalue weighted by Crippen LogP contribution is 2.37. The van der Waals surface area contributed by atoms with Crippen LogP contribution in [0.2, 0.25) is 0 Å². The summed E-state index contributed by atoms with van der Waals surface area (Å²) in [5.41, 5.74) is 3.07. The second-order valence-electron chi connectivity index (χ2n) is 5.06. The van der Waals surface area contributed by atoms with E-state index in [1.807, 2.05) is 36.8 Å². The van der Waals surface area contributed by atoms with Crippen molar-refractivity contribution in [1.29, 1.82) is 0 Å². The van der Waals surface area contributed by atoms with Crippen LogP contribution >= 0.6 is 23.1 Å². The van der Waals surface area contributed by atoms with Crippen molar-refractivity contribution in [3.05, 3.63) is 40.3 Å². The van der Waals surface area contributed by atoms with Crippen LogP contribution < -0.4 is 0 Å². The van der Waals surface area contributed by atoms with Crippen LogP contribution in [0.5, 0.6) is 0 Å². The Balaban J connectivity index is 2.67. The molecule has 0 saturated heterocycles. The number of esters is 2. The van der Waals surface area contributed by atoms with Gasteiger partial charge in [0.05, 0.1) is 25.7 Å². The van der Waals surface area contributed by atoms with Gasteiger partial charge >= 0.3 is 11.9 Å². The first-order chi connectivity index (χ1) is 11.5. The zero-order valence-electron chi connectivity index (χ0n) is 14.2. The highest BCUT2D eigenvalue weighted by atomic mass is 32.2. The van der Waals surface area contributed by atoms with E-state index in [0.717, 1.165) is 26.5 Å². The minimum atomic E-state index is -0.389. The van der Waals surface area contributed by atoms with Crippen LogP contribution in [0.4, 0.5) is 0 Å². The number of carbonyl (C=O) groups is 2. The molecule has 0 N–H and O–H groups in total. The summed E-state index contributed by atoms with van der Waals surface area (Å²) in [6.07, 6.45) is 2.05. The summed E-state index contributed by atoms with van der Waals surface area (Å²) >= 11 is 3.09. The minimum absolute atomic E-state index is 0.131. The smallest absolute Gasteiger partial charge is 0.339 e. The molecule has 4 nitrogen and oxygen atoms in total. The van der Waals surface area contributed by atoms with Crippen molar-refractivity contribution in [3.63, 3.8) is 0 Å². The molecule has 0 fully saturated rings. The standard InChI is InChI=1S/C18H20O4S2/c1-5-22-16(19)10-12-11(2)17(18(20)21-3)15(23-4)9-13(12)14-7-6-8-24-14/h6-9H,5,10H2,1-4H3. The van der Waals surface area contributed by atoms with Gasteiger partial charge in [-0.15, -0.1) is 23.1 Å². The highest BCUT2D eigenvalue weighted by molar-refractivity contribution is 7.98. The Morgan fingerprint density at radius 3 is 2.62 bits per heavy atom. The van der Waals surface area contributed by atoms with E-state index in [1.165, 1.54) is 18.9 Å². The van der Waals surface area contributed by atoms with E-state index >= 15 is 0 Å². The molecule has 1 heterocycles. The van der Waals surface area contributed by atoms with Crippen molar-refractivity contribution in [2.45, 2.75) is 25.2 Å². The lowest BCUT2D eigenvalue weighted by molar-refractivity contribution is -0.142. The van der Waals surface area contributed by atoms with E-state index in [4.69, 9.17) is 9.47 Å². The number of ether oxygens (including phenoxy) is 2. The van der Waals surface area contributed by atoms with Crippen molar-refractivity contribution in [2.75, 3.05) is 20.0 Å². The predicted molar refractivity (Wildman–Crippen MR) is 97.9 cm³/mol. The van der Waals surface area contributed by atoms with E-state index in [9.17, 15) is 9.59 Å². The van der Waals surface area contributed by atoms with Crippen molar-refractivity contribution < 1.29 is 19.1 Å². The Hall–Kier alpha value is -1.79. The second-order valence-corrected chi connectivity index (χ2v) is 6.85. The molecule has 0 aliphatic heterocycles. The number of carbonyl (C=O) groups excluding carboxylic acids is 2. The fourth-order valence-electron chi connectivity index (χ4n) is 2.58. The lowest BCUT2D eigenvalue weighted by atomic mass is 9.93. The van der Waals surface area contributed by atoms with Gasteiger partial charge in [0.25, 0.3) is 0 Å². The maximum absolute atomic E-state index is 12.2. The SMILES string of the molecule is CCOC(=O)Cc1c(-c2cccs2)cc(SC)c(C(=O)OC)c1C. The summed E-state index contributed by atoms with van der Waals surface area (Å²) in [5.74, 6) is -0.689. The molecule has 0 saturated carbocycles. The van der Waals surface area contributed by atoms with Gasteiger partial charge in [-0.1, -0.05) is 6.07 Å². The van der Waals surface area contributed by atoms with Crippen LogP contribution in [0, 0.1) is 6.92 Å². The number of hydrogen-bond acceptors (Lipinski definition) is 6. The lowest BCUT2D eigenvalue weighted by Gasteiger charge is -2.17. The summed E-state index contributed by atoms with van der Waals surface area (Å²) < 4.78 is 10.0. The first kappa shape index (κ1) is 18.5. The molecule has 0 aliphatic rings. The van der Waals surface area contributed by atoms with Gasteiger partial charge in [-0.3, -0.25) is 4.79 Å².